The lowest BCUT2D eigenvalue weighted by Gasteiger charge is -2.06. The SMILES string of the molecule is COC(=O)C(C#N)=Cc1cccc(O)c1OC. The number of benzene rings is 1. The van der Waals surface area contributed by atoms with Crippen molar-refractivity contribution in [3.8, 4) is 17.6 Å². The first-order valence-electron chi connectivity index (χ1n) is 4.70. The normalized spacial score (nSPS) is 10.5. The van der Waals surface area contributed by atoms with Crippen LogP contribution in [0.3, 0.4) is 0 Å². The molecule has 0 radical (unpaired) electrons. The second-order valence-electron chi connectivity index (χ2n) is 3.06. The fourth-order valence-electron chi connectivity index (χ4n) is 1.28. The predicted octanol–water partition coefficient (Wildman–Crippen LogP) is 1.48. The maximum Gasteiger partial charge on any atom is 0.348 e. The van der Waals surface area contributed by atoms with Crippen molar-refractivity contribution in [1.82, 2.24) is 0 Å². The zero-order chi connectivity index (χ0) is 12.8. The van der Waals surface area contributed by atoms with Gasteiger partial charge in [0.1, 0.15) is 11.6 Å². The Labute approximate surface area is 98.5 Å². The Morgan fingerprint density at radius 3 is 2.71 bits per heavy atom. The highest BCUT2D eigenvalue weighted by Gasteiger charge is 2.12. The molecule has 0 aliphatic rings. The maximum absolute atomic E-state index is 11.2. The van der Waals surface area contributed by atoms with Crippen molar-refractivity contribution in [3.63, 3.8) is 0 Å². The molecule has 0 bridgehead atoms. The summed E-state index contributed by atoms with van der Waals surface area (Å²) in [6.07, 6.45) is 1.30. The maximum atomic E-state index is 11.2. The molecule has 0 aromatic heterocycles. The predicted molar refractivity (Wildman–Crippen MR) is 60.3 cm³/mol. The van der Waals surface area contributed by atoms with Gasteiger partial charge in [-0.15, -0.1) is 0 Å². The van der Waals surface area contributed by atoms with Crippen LogP contribution in [0.1, 0.15) is 5.56 Å². The number of carbonyl (C=O) groups is 1. The van der Waals surface area contributed by atoms with Crippen molar-refractivity contribution < 1.29 is 19.4 Å². The van der Waals surface area contributed by atoms with Crippen LogP contribution in [0.25, 0.3) is 6.08 Å². The summed E-state index contributed by atoms with van der Waals surface area (Å²) < 4.78 is 9.42. The van der Waals surface area contributed by atoms with Gasteiger partial charge in [0.25, 0.3) is 0 Å². The number of hydrogen-bond acceptors (Lipinski definition) is 5. The monoisotopic (exact) mass is 233 g/mol. The van der Waals surface area contributed by atoms with Gasteiger partial charge in [0, 0.05) is 5.56 Å². The molecule has 5 heteroatoms. The van der Waals surface area contributed by atoms with Crippen LogP contribution in [0.4, 0.5) is 0 Å². The fourth-order valence-corrected chi connectivity index (χ4v) is 1.28. The van der Waals surface area contributed by atoms with Gasteiger partial charge in [0.05, 0.1) is 14.2 Å². The molecule has 1 aromatic rings. The fraction of sp³-hybridized carbons (Fsp3) is 0.167. The highest BCUT2D eigenvalue weighted by Crippen LogP contribution is 2.31. The Balaban J connectivity index is 3.26. The Hall–Kier alpha value is -2.48. The quantitative estimate of drug-likeness (QED) is 0.486. The van der Waals surface area contributed by atoms with E-state index in [2.05, 4.69) is 4.74 Å². The first-order chi connectivity index (χ1) is 8.13. The number of esters is 1. The number of hydrogen-bond donors (Lipinski definition) is 1. The van der Waals surface area contributed by atoms with Gasteiger partial charge in [-0.1, -0.05) is 12.1 Å². The standard InChI is InChI=1S/C12H11NO4/c1-16-11-8(4-3-5-10(11)14)6-9(7-13)12(15)17-2/h3-6,14H,1-2H3. The average Bonchev–Trinajstić information content (AvgIpc) is 2.35. The number of methoxy groups -OCH3 is 2. The summed E-state index contributed by atoms with van der Waals surface area (Å²) >= 11 is 0. The van der Waals surface area contributed by atoms with Gasteiger partial charge in [-0.05, 0) is 12.1 Å². The zero-order valence-corrected chi connectivity index (χ0v) is 9.43. The molecule has 17 heavy (non-hydrogen) atoms. The van der Waals surface area contributed by atoms with E-state index < -0.39 is 5.97 Å². The van der Waals surface area contributed by atoms with E-state index in [1.54, 1.807) is 18.2 Å². The Bertz CT molecular complexity index is 500. The Kier molecular flexibility index (Phi) is 4.12. The van der Waals surface area contributed by atoms with Crippen molar-refractivity contribution in [3.05, 3.63) is 29.3 Å². The molecule has 0 fully saturated rings. The smallest absolute Gasteiger partial charge is 0.348 e. The molecule has 0 saturated carbocycles. The molecule has 88 valence electrons. The molecular weight excluding hydrogens is 222 g/mol. The van der Waals surface area contributed by atoms with Crippen molar-refractivity contribution in [2.45, 2.75) is 0 Å². The molecule has 0 spiro atoms. The second-order valence-corrected chi connectivity index (χ2v) is 3.06. The van der Waals surface area contributed by atoms with E-state index in [0.29, 0.717) is 5.56 Å². The van der Waals surface area contributed by atoms with Gasteiger partial charge in [0.15, 0.2) is 11.5 Å². The summed E-state index contributed by atoms with van der Waals surface area (Å²) in [5.41, 5.74) is 0.255. The van der Waals surface area contributed by atoms with Crippen LogP contribution in [0.5, 0.6) is 11.5 Å². The van der Waals surface area contributed by atoms with Crippen molar-refractivity contribution in [2.24, 2.45) is 0 Å². The number of carbonyl (C=O) groups excluding carboxylic acids is 1. The molecule has 1 aromatic carbocycles. The van der Waals surface area contributed by atoms with Crippen LogP contribution in [0.15, 0.2) is 23.8 Å². The van der Waals surface area contributed by atoms with E-state index in [9.17, 15) is 9.90 Å². The number of nitrogens with zero attached hydrogens (tertiary/aromatic N) is 1. The molecule has 0 aliphatic carbocycles. The van der Waals surface area contributed by atoms with E-state index in [1.165, 1.54) is 26.4 Å². The number of aromatic hydroxyl groups is 1. The van der Waals surface area contributed by atoms with Crippen LogP contribution in [0.2, 0.25) is 0 Å². The van der Waals surface area contributed by atoms with Crippen molar-refractivity contribution in [1.29, 1.82) is 5.26 Å². The molecule has 5 nitrogen and oxygen atoms in total. The number of phenolic OH excluding ortho intramolecular Hbond substituents is 1. The summed E-state index contributed by atoms with van der Waals surface area (Å²) in [7, 11) is 2.57. The van der Waals surface area contributed by atoms with Crippen LogP contribution >= 0.6 is 0 Å². The molecule has 0 unspecified atom stereocenters. The molecule has 0 atom stereocenters. The Morgan fingerprint density at radius 1 is 1.47 bits per heavy atom. The van der Waals surface area contributed by atoms with E-state index in [0.717, 1.165) is 0 Å². The molecule has 1 rings (SSSR count). The lowest BCUT2D eigenvalue weighted by Crippen LogP contribution is -2.02. The molecule has 0 amide bonds. The summed E-state index contributed by atoms with van der Waals surface area (Å²) in [6.45, 7) is 0. The van der Waals surface area contributed by atoms with Crippen LogP contribution in [0, 0.1) is 11.3 Å². The lowest BCUT2D eigenvalue weighted by atomic mass is 10.1. The van der Waals surface area contributed by atoms with Crippen LogP contribution in [-0.2, 0) is 9.53 Å². The highest BCUT2D eigenvalue weighted by molar-refractivity contribution is 5.98. The number of phenols is 1. The minimum atomic E-state index is -0.738. The molecule has 0 saturated heterocycles. The van der Waals surface area contributed by atoms with Gasteiger partial charge >= 0.3 is 5.97 Å². The van der Waals surface area contributed by atoms with Gasteiger partial charge < -0.3 is 14.6 Å². The van der Waals surface area contributed by atoms with E-state index in [4.69, 9.17) is 10.00 Å². The summed E-state index contributed by atoms with van der Waals surface area (Å²) in [5, 5.41) is 18.3. The largest absolute Gasteiger partial charge is 0.504 e. The molecular formula is C12H11NO4. The van der Waals surface area contributed by atoms with Crippen molar-refractivity contribution >= 4 is 12.0 Å². The van der Waals surface area contributed by atoms with Crippen LogP contribution < -0.4 is 4.74 Å². The van der Waals surface area contributed by atoms with Crippen molar-refractivity contribution in [2.75, 3.05) is 14.2 Å². The summed E-state index contributed by atoms with van der Waals surface area (Å²) in [6, 6.07) is 6.36. The first-order valence-corrected chi connectivity index (χ1v) is 4.70. The highest BCUT2D eigenvalue weighted by atomic mass is 16.5. The lowest BCUT2D eigenvalue weighted by molar-refractivity contribution is -0.135. The van der Waals surface area contributed by atoms with Gasteiger partial charge in [-0.3, -0.25) is 0 Å². The number of ether oxygens (including phenoxy) is 2. The molecule has 0 heterocycles. The van der Waals surface area contributed by atoms with E-state index >= 15 is 0 Å². The minimum absolute atomic E-state index is 0.0663. The molecule has 0 aliphatic heterocycles. The molecule has 1 N–H and O–H groups in total. The summed E-state index contributed by atoms with van der Waals surface area (Å²) in [4.78, 5) is 11.2. The van der Waals surface area contributed by atoms with Gasteiger partial charge in [-0.2, -0.15) is 5.26 Å². The van der Waals surface area contributed by atoms with E-state index in [-0.39, 0.29) is 17.1 Å². The third kappa shape index (κ3) is 2.75. The first kappa shape index (κ1) is 12.6. The average molecular weight is 233 g/mol. The van der Waals surface area contributed by atoms with Crippen LogP contribution in [-0.4, -0.2) is 25.3 Å². The second kappa shape index (κ2) is 5.56. The van der Waals surface area contributed by atoms with Gasteiger partial charge in [-0.25, -0.2) is 4.79 Å². The third-order valence-electron chi connectivity index (χ3n) is 2.05. The number of rotatable bonds is 3. The van der Waals surface area contributed by atoms with Gasteiger partial charge in [0.2, 0.25) is 0 Å². The zero-order valence-electron chi connectivity index (χ0n) is 9.43. The third-order valence-corrected chi connectivity index (χ3v) is 2.05. The number of nitriles is 1. The topological polar surface area (TPSA) is 79.6 Å². The Morgan fingerprint density at radius 2 is 2.18 bits per heavy atom. The van der Waals surface area contributed by atoms with E-state index in [1.807, 2.05) is 0 Å². The minimum Gasteiger partial charge on any atom is -0.504 e. The number of para-hydroxylation sites is 1. The summed E-state index contributed by atoms with van der Waals surface area (Å²) in [5.74, 6) is -0.606.